The molecule has 0 spiro atoms. The molecule has 54 valence electrons. The zero-order valence-corrected chi connectivity index (χ0v) is 6.61. The van der Waals surface area contributed by atoms with Crippen molar-refractivity contribution in [3.63, 3.8) is 0 Å². The first kappa shape index (κ1) is 7.21. The van der Waals surface area contributed by atoms with Gasteiger partial charge in [-0.05, 0) is 19.1 Å². The lowest BCUT2D eigenvalue weighted by molar-refractivity contribution is 0.697. The summed E-state index contributed by atoms with van der Waals surface area (Å²) in [5.74, 6) is 0. The number of nitrogens with zero attached hydrogens (tertiary/aromatic N) is 2. The van der Waals surface area contributed by atoms with Crippen molar-refractivity contribution >= 4 is 23.7 Å². The van der Waals surface area contributed by atoms with Gasteiger partial charge in [-0.25, -0.2) is 0 Å². The summed E-state index contributed by atoms with van der Waals surface area (Å²) in [7, 11) is 0. The molecular weight excluding hydrogens is 146 g/mol. The molecule has 0 atom stereocenters. The van der Waals surface area contributed by atoms with Gasteiger partial charge in [0.2, 0.25) is 0 Å². The maximum atomic E-state index is 4.97. The van der Waals surface area contributed by atoms with E-state index >= 15 is 0 Å². The van der Waals surface area contributed by atoms with Crippen LogP contribution in [0.25, 0.3) is 0 Å². The minimum Gasteiger partial charge on any atom is -0.343 e. The van der Waals surface area contributed by atoms with E-state index in [2.05, 4.69) is 16.9 Å². The van der Waals surface area contributed by atoms with Gasteiger partial charge in [-0.3, -0.25) is 9.89 Å². The maximum absolute atomic E-state index is 4.97. The smallest absolute Gasteiger partial charge is 0.180 e. The molecule has 0 aliphatic carbocycles. The van der Waals surface area contributed by atoms with E-state index in [0.29, 0.717) is 11.8 Å². The molecule has 0 bridgehead atoms. The van der Waals surface area contributed by atoms with Gasteiger partial charge in [-0.1, -0.05) is 6.58 Å². The third-order valence-corrected chi connectivity index (χ3v) is 1.49. The van der Waals surface area contributed by atoms with Gasteiger partial charge < -0.3 is 5.32 Å². The third-order valence-electron chi connectivity index (χ3n) is 1.15. The van der Waals surface area contributed by atoms with Crippen molar-refractivity contribution in [1.29, 1.82) is 0 Å². The summed E-state index contributed by atoms with van der Waals surface area (Å²) in [5, 5.41) is 3.58. The molecule has 10 heavy (non-hydrogen) atoms. The quantitative estimate of drug-likeness (QED) is 0.565. The fourth-order valence-electron chi connectivity index (χ4n) is 0.645. The van der Waals surface area contributed by atoms with Crippen LogP contribution in [0.3, 0.4) is 0 Å². The fraction of sp³-hybridized carbons (Fsp3) is 0.333. The lowest BCUT2D eigenvalue weighted by Crippen LogP contribution is -2.41. The van der Waals surface area contributed by atoms with Crippen molar-refractivity contribution in [3.8, 4) is 0 Å². The van der Waals surface area contributed by atoms with Gasteiger partial charge in [0, 0.05) is 5.70 Å². The molecule has 0 amide bonds. The van der Waals surface area contributed by atoms with E-state index in [-0.39, 0.29) is 0 Å². The molecular formula is C6H9N3S. The highest BCUT2D eigenvalue weighted by Crippen LogP contribution is 2.00. The number of allylic oxidation sites excluding steroid dienone is 1. The minimum absolute atomic E-state index is 0.572. The van der Waals surface area contributed by atoms with Crippen LogP contribution < -0.4 is 5.32 Å². The summed E-state index contributed by atoms with van der Waals surface area (Å²) < 4.78 is 0. The van der Waals surface area contributed by atoms with Crippen molar-refractivity contribution in [1.82, 2.24) is 10.2 Å². The van der Waals surface area contributed by atoms with Crippen LogP contribution in [0.15, 0.2) is 17.3 Å². The molecule has 3 nitrogen and oxygen atoms in total. The van der Waals surface area contributed by atoms with E-state index in [1.807, 2.05) is 6.92 Å². The van der Waals surface area contributed by atoms with Crippen LogP contribution in [0.2, 0.25) is 0 Å². The van der Waals surface area contributed by atoms with Crippen LogP contribution in [-0.4, -0.2) is 23.0 Å². The highest BCUT2D eigenvalue weighted by Gasteiger charge is 2.09. The molecule has 0 aromatic rings. The van der Waals surface area contributed by atoms with E-state index in [0.717, 1.165) is 5.70 Å². The molecule has 0 aromatic carbocycles. The second-order valence-corrected chi connectivity index (χ2v) is 2.43. The van der Waals surface area contributed by atoms with E-state index in [1.165, 1.54) is 0 Å². The molecule has 0 fully saturated rings. The Morgan fingerprint density at radius 1 is 2.00 bits per heavy atom. The first-order chi connectivity index (χ1) is 4.72. The Hall–Kier alpha value is -0.900. The van der Waals surface area contributed by atoms with E-state index < -0.39 is 0 Å². The summed E-state index contributed by atoms with van der Waals surface area (Å²) in [4.78, 5) is 5.71. The van der Waals surface area contributed by atoms with E-state index in [9.17, 15) is 0 Å². The number of nitrogens with one attached hydrogen (secondary N) is 1. The summed E-state index contributed by atoms with van der Waals surface area (Å²) in [6, 6.07) is 0. The van der Waals surface area contributed by atoms with Crippen molar-refractivity contribution in [3.05, 3.63) is 12.3 Å². The highest BCUT2D eigenvalue weighted by atomic mass is 32.1. The molecule has 1 heterocycles. The second-order valence-electron chi connectivity index (χ2n) is 2.04. The molecule has 1 N–H and O–H groups in total. The number of rotatable bonds is 1. The lowest BCUT2D eigenvalue weighted by atomic mass is 10.5. The molecule has 1 aliphatic heterocycles. The molecule has 1 rings (SSSR count). The van der Waals surface area contributed by atoms with Gasteiger partial charge in [0.15, 0.2) is 5.11 Å². The second kappa shape index (κ2) is 2.79. The Bertz CT molecular complexity index is 197. The number of thiocarbonyl (C=S) groups is 1. The van der Waals surface area contributed by atoms with Gasteiger partial charge in [0.1, 0.15) is 6.67 Å². The molecule has 1 aliphatic rings. The van der Waals surface area contributed by atoms with E-state index in [4.69, 9.17) is 12.2 Å². The van der Waals surface area contributed by atoms with Crippen LogP contribution in [-0.2, 0) is 0 Å². The Morgan fingerprint density at radius 2 is 2.70 bits per heavy atom. The van der Waals surface area contributed by atoms with Crippen molar-refractivity contribution in [2.45, 2.75) is 6.92 Å². The molecule has 0 unspecified atom stereocenters. The predicted molar refractivity (Wildman–Crippen MR) is 45.7 cm³/mol. The molecule has 0 aromatic heterocycles. The zero-order chi connectivity index (χ0) is 7.56. The van der Waals surface area contributed by atoms with Crippen LogP contribution in [0.5, 0.6) is 0 Å². The van der Waals surface area contributed by atoms with Crippen molar-refractivity contribution < 1.29 is 0 Å². The van der Waals surface area contributed by atoms with Crippen LogP contribution >= 0.6 is 12.2 Å². The number of hydrogen-bond acceptors (Lipinski definition) is 2. The Balaban J connectivity index is 2.73. The van der Waals surface area contributed by atoms with Crippen LogP contribution in [0.1, 0.15) is 6.92 Å². The monoisotopic (exact) mass is 155 g/mol. The average Bonchev–Trinajstić information content (AvgIpc) is 1.88. The van der Waals surface area contributed by atoms with Crippen molar-refractivity contribution in [2.75, 3.05) is 6.67 Å². The van der Waals surface area contributed by atoms with Gasteiger partial charge >= 0.3 is 0 Å². The summed E-state index contributed by atoms with van der Waals surface area (Å²) in [5.41, 5.74) is 0.876. The highest BCUT2D eigenvalue weighted by molar-refractivity contribution is 7.80. The van der Waals surface area contributed by atoms with Gasteiger partial charge in [0.25, 0.3) is 0 Å². The molecule has 4 heteroatoms. The Morgan fingerprint density at radius 3 is 3.10 bits per heavy atom. The third kappa shape index (κ3) is 1.33. The summed E-state index contributed by atoms with van der Waals surface area (Å²) in [6.07, 6.45) is 1.68. The Kier molecular flexibility index (Phi) is 2.01. The largest absolute Gasteiger partial charge is 0.343 e. The first-order valence-corrected chi connectivity index (χ1v) is 3.35. The minimum atomic E-state index is 0.572. The fourth-order valence-corrected chi connectivity index (χ4v) is 0.913. The van der Waals surface area contributed by atoms with Gasteiger partial charge in [0.05, 0.1) is 6.34 Å². The topological polar surface area (TPSA) is 27.6 Å². The lowest BCUT2D eigenvalue weighted by Gasteiger charge is -2.23. The van der Waals surface area contributed by atoms with Gasteiger partial charge in [-0.15, -0.1) is 0 Å². The Labute approximate surface area is 65.4 Å². The SMILES string of the molecule is C=C(C)N1C=NCNC1=S. The maximum Gasteiger partial charge on any atom is 0.180 e. The standard InChI is InChI=1S/C6H9N3S/c1-5(2)9-4-7-3-8-6(9)10/h4H,1,3H2,2H3,(H,8,10). The van der Waals surface area contributed by atoms with Crippen LogP contribution in [0.4, 0.5) is 0 Å². The summed E-state index contributed by atoms with van der Waals surface area (Å²) >= 11 is 4.97. The number of hydrogen-bond donors (Lipinski definition) is 1. The molecule has 0 saturated carbocycles. The van der Waals surface area contributed by atoms with Gasteiger partial charge in [-0.2, -0.15) is 0 Å². The molecule has 0 saturated heterocycles. The number of aliphatic imine (C=N–C) groups is 1. The normalized spacial score (nSPS) is 16.9. The van der Waals surface area contributed by atoms with Crippen LogP contribution in [0, 0.1) is 0 Å². The summed E-state index contributed by atoms with van der Waals surface area (Å²) in [6.45, 7) is 6.19. The molecule has 0 radical (unpaired) electrons. The average molecular weight is 155 g/mol. The first-order valence-electron chi connectivity index (χ1n) is 2.94. The van der Waals surface area contributed by atoms with E-state index in [1.54, 1.807) is 11.2 Å². The van der Waals surface area contributed by atoms with Crippen molar-refractivity contribution in [2.24, 2.45) is 4.99 Å². The zero-order valence-electron chi connectivity index (χ0n) is 5.79. The predicted octanol–water partition coefficient (Wildman–Crippen LogP) is 0.696.